The van der Waals surface area contributed by atoms with Gasteiger partial charge in [0, 0.05) is 35.4 Å². The number of hydrogen-bond donors (Lipinski definition) is 3. The number of nitrogens with one attached hydrogen (secondary N) is 1. The fourth-order valence-electron chi connectivity index (χ4n) is 4.71. The molecule has 8 heteroatoms. The van der Waals surface area contributed by atoms with Gasteiger partial charge in [-0.1, -0.05) is 17.7 Å². The van der Waals surface area contributed by atoms with Crippen LogP contribution in [0.2, 0.25) is 5.02 Å². The van der Waals surface area contributed by atoms with Gasteiger partial charge in [-0.15, -0.1) is 0 Å². The number of piperidine rings is 1. The van der Waals surface area contributed by atoms with Crippen molar-refractivity contribution < 1.29 is 4.39 Å². The molecule has 1 saturated heterocycles. The highest BCUT2D eigenvalue weighted by molar-refractivity contribution is 6.31. The number of fused-ring (bicyclic) bond motifs is 1. The Bertz CT molecular complexity index is 1340. The highest BCUT2D eigenvalue weighted by Gasteiger charge is 2.28. The summed E-state index contributed by atoms with van der Waals surface area (Å²) in [5.74, 6) is 0.698. The van der Waals surface area contributed by atoms with Crippen molar-refractivity contribution in [2.24, 2.45) is 5.73 Å². The van der Waals surface area contributed by atoms with Gasteiger partial charge in [0.05, 0.1) is 22.3 Å². The summed E-state index contributed by atoms with van der Waals surface area (Å²) < 4.78 is 14.4. The first-order valence-corrected chi connectivity index (χ1v) is 11.4. The Kier molecular flexibility index (Phi) is 5.46. The number of nitrogens with zero attached hydrogens (tertiary/aromatic N) is 3. The average molecular weight is 465 g/mol. The van der Waals surface area contributed by atoms with E-state index < -0.39 is 0 Å². The average Bonchev–Trinajstić information content (AvgIpc) is 3.15. The second-order valence-electron chi connectivity index (χ2n) is 8.77. The first kappa shape index (κ1) is 21.7. The molecule has 1 aliphatic heterocycles. The minimum Gasteiger partial charge on any atom is -0.383 e. The fraction of sp³-hybridized carbons (Fsp3) is 0.280. The number of pyridine rings is 1. The van der Waals surface area contributed by atoms with Crippen molar-refractivity contribution in [2.45, 2.75) is 32.7 Å². The van der Waals surface area contributed by atoms with Gasteiger partial charge in [0.15, 0.2) is 0 Å². The molecule has 0 aliphatic carbocycles. The maximum Gasteiger partial charge on any atom is 0.144 e. The maximum atomic E-state index is 14.4. The van der Waals surface area contributed by atoms with Crippen molar-refractivity contribution in [3.63, 3.8) is 0 Å². The summed E-state index contributed by atoms with van der Waals surface area (Å²) in [6.45, 7) is 5.33. The monoisotopic (exact) mass is 464 g/mol. The lowest BCUT2D eigenvalue weighted by atomic mass is 9.94. The first-order chi connectivity index (χ1) is 15.8. The van der Waals surface area contributed by atoms with Crippen molar-refractivity contribution in [2.75, 3.05) is 23.7 Å². The number of imidazole rings is 1. The molecule has 2 aromatic carbocycles. The molecule has 0 radical (unpaired) electrons. The summed E-state index contributed by atoms with van der Waals surface area (Å²) >= 11 is 6.19. The van der Waals surface area contributed by atoms with Crippen molar-refractivity contribution >= 4 is 34.1 Å². The van der Waals surface area contributed by atoms with E-state index in [2.05, 4.69) is 14.9 Å². The van der Waals surface area contributed by atoms with Gasteiger partial charge >= 0.3 is 0 Å². The van der Waals surface area contributed by atoms with Crippen LogP contribution >= 0.6 is 11.6 Å². The van der Waals surface area contributed by atoms with Crippen LogP contribution in [-0.4, -0.2) is 34.1 Å². The number of nitrogens with two attached hydrogens (primary N) is 2. The van der Waals surface area contributed by atoms with Crippen LogP contribution in [-0.2, 0) is 0 Å². The third-order valence-corrected chi connectivity index (χ3v) is 6.48. The predicted molar refractivity (Wildman–Crippen MR) is 133 cm³/mol. The second kappa shape index (κ2) is 8.32. The van der Waals surface area contributed by atoms with Crippen LogP contribution in [0.25, 0.3) is 33.5 Å². The number of nitrogen functional groups attached to an aromatic ring is 1. The number of anilines is 2. The Morgan fingerprint density at radius 3 is 2.55 bits per heavy atom. The number of benzene rings is 2. The van der Waals surface area contributed by atoms with Gasteiger partial charge in [-0.25, -0.2) is 14.4 Å². The molecule has 170 valence electrons. The number of H-pyrrole nitrogens is 1. The Balaban J connectivity index is 1.80. The Hall–Kier alpha value is -3.16. The van der Waals surface area contributed by atoms with Gasteiger partial charge < -0.3 is 21.4 Å². The van der Waals surface area contributed by atoms with E-state index in [0.717, 1.165) is 65.0 Å². The zero-order valence-corrected chi connectivity index (χ0v) is 19.4. The van der Waals surface area contributed by atoms with E-state index in [1.54, 1.807) is 12.1 Å². The van der Waals surface area contributed by atoms with Crippen molar-refractivity contribution in [3.05, 3.63) is 58.5 Å². The SMILES string of the molecule is Cc1cc(F)cc(-c2c(C)nc(N)c(-c3nc4ccc(Cl)cc4[nH]3)c2N2CCC(N)CC2)c1. The van der Waals surface area contributed by atoms with Crippen LogP contribution in [0.15, 0.2) is 36.4 Å². The first-order valence-electron chi connectivity index (χ1n) is 11.0. The van der Waals surface area contributed by atoms with Gasteiger partial charge in [-0.05, 0) is 68.1 Å². The lowest BCUT2D eigenvalue weighted by Gasteiger charge is -2.35. The molecule has 4 aromatic rings. The fourth-order valence-corrected chi connectivity index (χ4v) is 4.88. The van der Waals surface area contributed by atoms with Gasteiger partial charge in [0.2, 0.25) is 0 Å². The molecule has 5 rings (SSSR count). The largest absolute Gasteiger partial charge is 0.383 e. The van der Waals surface area contributed by atoms with E-state index in [-0.39, 0.29) is 11.9 Å². The zero-order chi connectivity index (χ0) is 23.3. The Labute approximate surface area is 196 Å². The summed E-state index contributed by atoms with van der Waals surface area (Å²) in [5.41, 5.74) is 19.1. The summed E-state index contributed by atoms with van der Waals surface area (Å²) in [5, 5.41) is 0.619. The molecule has 1 fully saturated rings. The van der Waals surface area contributed by atoms with E-state index in [1.165, 1.54) is 6.07 Å². The standard InChI is InChI=1S/C25H26ClFN6/c1-13-9-15(11-17(27)10-13)21-14(2)30-24(29)22(23(21)33-7-5-18(28)6-8-33)25-31-19-4-3-16(26)12-20(19)32-25/h3-4,9-12,18H,5-8,28H2,1-2H3,(H2,29,30)(H,31,32). The Morgan fingerprint density at radius 2 is 1.82 bits per heavy atom. The molecule has 0 bridgehead atoms. The molecule has 0 atom stereocenters. The number of aryl methyl sites for hydroxylation is 2. The van der Waals surface area contributed by atoms with Gasteiger partial charge in [-0.2, -0.15) is 0 Å². The van der Waals surface area contributed by atoms with Crippen LogP contribution in [0.5, 0.6) is 0 Å². The smallest absolute Gasteiger partial charge is 0.144 e. The van der Waals surface area contributed by atoms with Crippen LogP contribution in [0, 0.1) is 19.7 Å². The van der Waals surface area contributed by atoms with Crippen LogP contribution in [0.4, 0.5) is 15.9 Å². The third kappa shape index (κ3) is 4.03. The highest BCUT2D eigenvalue weighted by Crippen LogP contribution is 2.44. The normalized spacial score (nSPS) is 14.9. The van der Waals surface area contributed by atoms with Gasteiger partial charge in [-0.3, -0.25) is 0 Å². The molecule has 0 spiro atoms. The van der Waals surface area contributed by atoms with Gasteiger partial charge in [0.25, 0.3) is 0 Å². The van der Waals surface area contributed by atoms with E-state index in [1.807, 2.05) is 32.0 Å². The molecular weight excluding hydrogens is 439 g/mol. The highest BCUT2D eigenvalue weighted by atomic mass is 35.5. The number of halogens is 2. The number of aromatic amines is 1. The molecule has 3 heterocycles. The van der Waals surface area contributed by atoms with Crippen molar-refractivity contribution in [3.8, 4) is 22.5 Å². The third-order valence-electron chi connectivity index (χ3n) is 6.25. The molecule has 2 aromatic heterocycles. The molecule has 1 aliphatic rings. The summed E-state index contributed by atoms with van der Waals surface area (Å²) in [6.07, 6.45) is 1.72. The van der Waals surface area contributed by atoms with Crippen LogP contribution in [0.1, 0.15) is 24.1 Å². The van der Waals surface area contributed by atoms with Gasteiger partial charge in [0.1, 0.15) is 17.5 Å². The van der Waals surface area contributed by atoms with Crippen LogP contribution in [0.3, 0.4) is 0 Å². The molecule has 0 saturated carbocycles. The molecule has 0 amide bonds. The quantitative estimate of drug-likeness (QED) is 0.386. The maximum absolute atomic E-state index is 14.4. The summed E-state index contributed by atoms with van der Waals surface area (Å²) in [6, 6.07) is 10.7. The lowest BCUT2D eigenvalue weighted by Crippen LogP contribution is -2.40. The summed E-state index contributed by atoms with van der Waals surface area (Å²) in [4.78, 5) is 15.1. The predicted octanol–water partition coefficient (Wildman–Crippen LogP) is 5.21. The molecular formula is C25H26ClFN6. The van der Waals surface area contributed by atoms with Crippen molar-refractivity contribution in [1.29, 1.82) is 0 Å². The molecule has 5 N–H and O–H groups in total. The summed E-state index contributed by atoms with van der Waals surface area (Å²) in [7, 11) is 0. The number of rotatable bonds is 3. The Morgan fingerprint density at radius 1 is 1.06 bits per heavy atom. The zero-order valence-electron chi connectivity index (χ0n) is 18.6. The molecule has 33 heavy (non-hydrogen) atoms. The molecule has 0 unspecified atom stereocenters. The van der Waals surface area contributed by atoms with E-state index >= 15 is 0 Å². The minimum absolute atomic E-state index is 0.165. The second-order valence-corrected chi connectivity index (χ2v) is 9.21. The molecule has 6 nitrogen and oxygen atoms in total. The topological polar surface area (TPSA) is 96.8 Å². The van der Waals surface area contributed by atoms with E-state index in [4.69, 9.17) is 28.1 Å². The van der Waals surface area contributed by atoms with E-state index in [9.17, 15) is 4.39 Å². The van der Waals surface area contributed by atoms with Crippen LogP contribution < -0.4 is 16.4 Å². The van der Waals surface area contributed by atoms with Crippen molar-refractivity contribution in [1.82, 2.24) is 15.0 Å². The minimum atomic E-state index is -0.284. The van der Waals surface area contributed by atoms with E-state index in [0.29, 0.717) is 22.2 Å². The number of aromatic nitrogens is 3. The lowest BCUT2D eigenvalue weighted by molar-refractivity contribution is 0.501. The number of hydrogen-bond acceptors (Lipinski definition) is 5.